The molecule has 0 spiro atoms. The molecule has 0 aliphatic heterocycles. The number of fused-ring (bicyclic) bond motifs is 2. The van der Waals surface area contributed by atoms with Crippen LogP contribution in [0.5, 0.6) is 40.2 Å². The van der Waals surface area contributed by atoms with Crippen LogP contribution in [0.25, 0.3) is 55.7 Å². The van der Waals surface area contributed by atoms with Crippen LogP contribution in [0.15, 0.2) is 85.2 Å². The summed E-state index contributed by atoms with van der Waals surface area (Å²) in [5, 5.41) is 43.1. The zero-order valence-electron chi connectivity index (χ0n) is 23.5. The van der Waals surface area contributed by atoms with E-state index in [1.165, 1.54) is 57.7 Å². The van der Waals surface area contributed by atoms with Crippen molar-refractivity contribution in [2.45, 2.75) is 0 Å². The lowest BCUT2D eigenvalue weighted by Crippen LogP contribution is -2.09. The number of aromatic hydroxyl groups is 4. The van der Waals surface area contributed by atoms with E-state index in [2.05, 4.69) is 0 Å². The predicted molar refractivity (Wildman–Crippen MR) is 161 cm³/mol. The molecule has 4 N–H and O–H groups in total. The summed E-state index contributed by atoms with van der Waals surface area (Å²) in [6.07, 6.45) is 0. The Balaban J connectivity index is 1.68. The fraction of sp³-hybridized carbons (Fsp3) is 0.0909. The number of phenolic OH excluding ortho intramolecular Hbond substituents is 4. The highest BCUT2D eigenvalue weighted by atomic mass is 16.5. The van der Waals surface area contributed by atoms with Gasteiger partial charge in [0.05, 0.1) is 32.5 Å². The Labute approximate surface area is 248 Å². The van der Waals surface area contributed by atoms with Crippen LogP contribution in [-0.4, -0.2) is 41.8 Å². The fourth-order valence-electron chi connectivity index (χ4n) is 5.07. The Kier molecular flexibility index (Phi) is 6.77. The van der Waals surface area contributed by atoms with E-state index in [-0.39, 0.29) is 61.8 Å². The van der Waals surface area contributed by atoms with E-state index in [0.717, 1.165) is 6.07 Å². The first-order valence-corrected chi connectivity index (χ1v) is 13.1. The molecule has 0 atom stereocenters. The third-order valence-corrected chi connectivity index (χ3v) is 7.22. The van der Waals surface area contributed by atoms with Crippen LogP contribution < -0.4 is 25.1 Å². The van der Waals surface area contributed by atoms with Gasteiger partial charge in [0.1, 0.15) is 62.2 Å². The van der Waals surface area contributed by atoms with Gasteiger partial charge in [-0.1, -0.05) is 0 Å². The van der Waals surface area contributed by atoms with Crippen LogP contribution in [0.2, 0.25) is 0 Å². The van der Waals surface area contributed by atoms with Crippen molar-refractivity contribution < 1.29 is 43.5 Å². The second-order valence-corrected chi connectivity index (χ2v) is 9.74. The van der Waals surface area contributed by atoms with E-state index in [1.807, 2.05) is 0 Å². The summed E-state index contributed by atoms with van der Waals surface area (Å²) in [7, 11) is 4.22. The van der Waals surface area contributed by atoms with Crippen molar-refractivity contribution in [1.82, 2.24) is 0 Å². The van der Waals surface area contributed by atoms with Crippen LogP contribution in [0.4, 0.5) is 0 Å². The van der Waals surface area contributed by atoms with Crippen LogP contribution in [0.1, 0.15) is 0 Å². The first-order valence-electron chi connectivity index (χ1n) is 13.1. The maximum Gasteiger partial charge on any atom is 0.205 e. The lowest BCUT2D eigenvalue weighted by atomic mass is 9.94. The quantitative estimate of drug-likeness (QED) is 0.185. The molecule has 0 bridgehead atoms. The molecular formula is C33H24O11. The molecule has 0 amide bonds. The second-order valence-electron chi connectivity index (χ2n) is 9.74. The van der Waals surface area contributed by atoms with Crippen LogP contribution in [0.3, 0.4) is 0 Å². The number of hydrogen-bond acceptors (Lipinski definition) is 11. The molecule has 2 heterocycles. The van der Waals surface area contributed by atoms with E-state index in [9.17, 15) is 30.0 Å². The second kappa shape index (κ2) is 10.6. The lowest BCUT2D eigenvalue weighted by Gasteiger charge is -2.16. The minimum atomic E-state index is -0.836. The highest BCUT2D eigenvalue weighted by Crippen LogP contribution is 2.47. The zero-order valence-corrected chi connectivity index (χ0v) is 23.5. The number of ether oxygens (including phenoxy) is 3. The van der Waals surface area contributed by atoms with Gasteiger partial charge in [0.15, 0.2) is 16.9 Å². The number of rotatable bonds is 6. The van der Waals surface area contributed by atoms with Crippen molar-refractivity contribution in [3.8, 4) is 74.0 Å². The molecule has 0 aliphatic rings. The first-order chi connectivity index (χ1) is 21.1. The lowest BCUT2D eigenvalue weighted by molar-refractivity contribution is 0.373. The molecule has 11 heteroatoms. The molecule has 0 saturated carbocycles. The molecule has 0 saturated heterocycles. The van der Waals surface area contributed by atoms with Gasteiger partial charge in [0.2, 0.25) is 5.43 Å². The van der Waals surface area contributed by atoms with Crippen molar-refractivity contribution in [2.24, 2.45) is 0 Å². The van der Waals surface area contributed by atoms with E-state index in [4.69, 9.17) is 23.0 Å². The summed E-state index contributed by atoms with van der Waals surface area (Å²) < 4.78 is 27.6. The molecule has 0 fully saturated rings. The zero-order chi connectivity index (χ0) is 31.3. The molecular weight excluding hydrogens is 572 g/mol. The average molecular weight is 597 g/mol. The molecule has 0 unspecified atom stereocenters. The minimum absolute atomic E-state index is 0.0448. The van der Waals surface area contributed by atoms with Crippen molar-refractivity contribution in [3.05, 3.63) is 87.2 Å². The van der Waals surface area contributed by atoms with E-state index >= 15 is 0 Å². The van der Waals surface area contributed by atoms with Crippen LogP contribution in [0, 0.1) is 0 Å². The Morgan fingerprint density at radius 2 is 1.27 bits per heavy atom. The maximum absolute atomic E-state index is 14.1. The van der Waals surface area contributed by atoms with Gasteiger partial charge in [-0.3, -0.25) is 9.59 Å². The number of benzene rings is 4. The van der Waals surface area contributed by atoms with Gasteiger partial charge in [-0.15, -0.1) is 0 Å². The monoisotopic (exact) mass is 596 g/mol. The molecule has 4 aromatic carbocycles. The van der Waals surface area contributed by atoms with E-state index in [1.54, 1.807) is 24.3 Å². The van der Waals surface area contributed by atoms with Gasteiger partial charge in [0, 0.05) is 35.4 Å². The molecule has 222 valence electrons. The summed E-state index contributed by atoms with van der Waals surface area (Å²) in [5.41, 5.74) is -1.77. The number of phenols is 4. The third kappa shape index (κ3) is 4.47. The smallest absolute Gasteiger partial charge is 0.205 e. The Bertz CT molecular complexity index is 2210. The topological polar surface area (TPSA) is 169 Å². The molecule has 6 aromatic rings. The maximum atomic E-state index is 14.1. The molecule has 6 rings (SSSR count). The van der Waals surface area contributed by atoms with Gasteiger partial charge >= 0.3 is 0 Å². The van der Waals surface area contributed by atoms with E-state index in [0.29, 0.717) is 11.3 Å². The SMILES string of the molecule is COc1ccc(-c2cc(=O)c3c(O)c(-c4c(-c5ccc(O)c(OC)c5)oc5cc(OC)cc(O)c5c4=O)c(O)cc3o2)cc1. The molecule has 44 heavy (non-hydrogen) atoms. The van der Waals surface area contributed by atoms with Gasteiger partial charge in [-0.25, -0.2) is 0 Å². The summed E-state index contributed by atoms with van der Waals surface area (Å²) >= 11 is 0. The molecule has 11 nitrogen and oxygen atoms in total. The van der Waals surface area contributed by atoms with Crippen molar-refractivity contribution in [3.63, 3.8) is 0 Å². The van der Waals surface area contributed by atoms with Crippen molar-refractivity contribution in [1.29, 1.82) is 0 Å². The van der Waals surface area contributed by atoms with Crippen LogP contribution >= 0.6 is 0 Å². The predicted octanol–water partition coefficient (Wildman–Crippen LogP) is 5.75. The Hall–Kier alpha value is -6.10. The van der Waals surface area contributed by atoms with Gasteiger partial charge in [-0.2, -0.15) is 0 Å². The van der Waals surface area contributed by atoms with Crippen molar-refractivity contribution in [2.75, 3.05) is 21.3 Å². The van der Waals surface area contributed by atoms with Crippen molar-refractivity contribution >= 4 is 21.9 Å². The standard InChI is InChI=1S/C33H24O11/c1-40-17-7-4-15(5-8-17)23-13-21(36)28-26(43-23)14-22(37)29(31(28)38)30-32(39)27-20(35)11-18(41-2)12-25(27)44-33(30)16-6-9-19(34)24(10-16)42-3/h4-14,34-35,37-38H,1-3H3. The fourth-order valence-corrected chi connectivity index (χ4v) is 5.07. The molecule has 0 radical (unpaired) electrons. The summed E-state index contributed by atoms with van der Waals surface area (Å²) in [5.74, 6) is -1.20. The first kappa shape index (κ1) is 28.0. The Morgan fingerprint density at radius 3 is 1.95 bits per heavy atom. The highest BCUT2D eigenvalue weighted by molar-refractivity contribution is 6.01. The molecule has 0 aliphatic carbocycles. The Morgan fingerprint density at radius 1 is 0.591 bits per heavy atom. The number of methoxy groups -OCH3 is 3. The average Bonchev–Trinajstić information content (AvgIpc) is 3.01. The summed E-state index contributed by atoms with van der Waals surface area (Å²) in [6, 6.07) is 15.7. The van der Waals surface area contributed by atoms with E-state index < -0.39 is 33.7 Å². The largest absolute Gasteiger partial charge is 0.507 e. The number of hydrogen-bond donors (Lipinski definition) is 4. The van der Waals surface area contributed by atoms with Gasteiger partial charge in [-0.05, 0) is 42.5 Å². The summed E-state index contributed by atoms with van der Waals surface area (Å²) in [6.45, 7) is 0. The minimum Gasteiger partial charge on any atom is -0.507 e. The van der Waals surface area contributed by atoms with Gasteiger partial charge in [0.25, 0.3) is 0 Å². The van der Waals surface area contributed by atoms with Crippen LogP contribution in [-0.2, 0) is 0 Å². The third-order valence-electron chi connectivity index (χ3n) is 7.22. The summed E-state index contributed by atoms with van der Waals surface area (Å²) in [4.78, 5) is 27.5. The normalized spacial score (nSPS) is 11.2. The molecule has 2 aromatic heterocycles. The van der Waals surface area contributed by atoms with Gasteiger partial charge < -0.3 is 43.5 Å². The highest BCUT2D eigenvalue weighted by Gasteiger charge is 2.28.